The summed E-state index contributed by atoms with van der Waals surface area (Å²) in [5.74, 6) is 1.05. The Balaban J connectivity index is 1.91. The van der Waals surface area contributed by atoms with Crippen LogP contribution in [0.1, 0.15) is 25.6 Å². The molecule has 2 heterocycles. The molecule has 6 heteroatoms. The minimum absolute atomic E-state index is 0.478. The Kier molecular flexibility index (Phi) is 4.41. The van der Waals surface area contributed by atoms with Crippen LogP contribution >= 0.6 is 0 Å². The number of imidazole rings is 1. The van der Waals surface area contributed by atoms with Crippen molar-refractivity contribution in [2.45, 2.75) is 32.7 Å². The number of nitrogens with zero attached hydrogens (tertiary/aromatic N) is 3. The molecule has 0 saturated carbocycles. The van der Waals surface area contributed by atoms with Gasteiger partial charge in [0.1, 0.15) is 11.3 Å². The summed E-state index contributed by atoms with van der Waals surface area (Å²) in [6.45, 7) is 3.40. The summed E-state index contributed by atoms with van der Waals surface area (Å²) in [5.41, 5.74) is 3.01. The zero-order valence-corrected chi connectivity index (χ0v) is 13.1. The molecule has 2 aromatic heterocycles. The Labute approximate surface area is 134 Å². The van der Waals surface area contributed by atoms with E-state index in [1.165, 1.54) is 0 Å². The standard InChI is InChI=1S/C17H20N4O2/c1-2-15-20-14-11-19-13-8-4-3-7-12(13)16(14)21(15)10-6-5-9-18-17(22)23/h3-4,7-8,11,18H,2,5-6,9-10H2,1H3,(H,22,23). The first-order valence-electron chi connectivity index (χ1n) is 7.90. The Morgan fingerprint density at radius 3 is 2.87 bits per heavy atom. The maximum Gasteiger partial charge on any atom is 0.404 e. The van der Waals surface area contributed by atoms with E-state index in [0.717, 1.165) is 53.6 Å². The van der Waals surface area contributed by atoms with Crippen molar-refractivity contribution >= 4 is 28.0 Å². The zero-order chi connectivity index (χ0) is 16.2. The van der Waals surface area contributed by atoms with Crippen molar-refractivity contribution in [3.8, 4) is 0 Å². The number of unbranched alkanes of at least 4 members (excludes halogenated alkanes) is 1. The Hall–Kier alpha value is -2.63. The highest BCUT2D eigenvalue weighted by Gasteiger charge is 2.12. The number of rotatable bonds is 6. The monoisotopic (exact) mass is 312 g/mol. The van der Waals surface area contributed by atoms with E-state index >= 15 is 0 Å². The molecule has 0 radical (unpaired) electrons. The van der Waals surface area contributed by atoms with Gasteiger partial charge in [-0.2, -0.15) is 0 Å². The summed E-state index contributed by atoms with van der Waals surface area (Å²) in [4.78, 5) is 19.7. The minimum atomic E-state index is -0.968. The molecule has 0 aliphatic heterocycles. The smallest absolute Gasteiger partial charge is 0.404 e. The molecule has 0 fully saturated rings. The Morgan fingerprint density at radius 2 is 2.09 bits per heavy atom. The van der Waals surface area contributed by atoms with Crippen LogP contribution < -0.4 is 5.32 Å². The number of pyridine rings is 1. The van der Waals surface area contributed by atoms with Crippen LogP contribution in [0.2, 0.25) is 0 Å². The molecule has 0 aliphatic carbocycles. The van der Waals surface area contributed by atoms with Crippen molar-refractivity contribution in [3.05, 3.63) is 36.3 Å². The molecule has 0 bridgehead atoms. The topological polar surface area (TPSA) is 80.0 Å². The van der Waals surface area contributed by atoms with Gasteiger partial charge in [-0.25, -0.2) is 9.78 Å². The third-order valence-electron chi connectivity index (χ3n) is 3.96. The molecular formula is C17H20N4O2. The fourth-order valence-corrected chi connectivity index (χ4v) is 2.91. The second-order valence-electron chi connectivity index (χ2n) is 5.48. The van der Waals surface area contributed by atoms with E-state index < -0.39 is 6.09 Å². The summed E-state index contributed by atoms with van der Waals surface area (Å²) in [5, 5.41) is 12.1. The lowest BCUT2D eigenvalue weighted by atomic mass is 10.2. The lowest BCUT2D eigenvalue weighted by Crippen LogP contribution is -2.22. The molecule has 3 aromatic rings. The molecule has 0 atom stereocenters. The number of hydrogen-bond acceptors (Lipinski definition) is 3. The summed E-state index contributed by atoms with van der Waals surface area (Å²) in [7, 11) is 0. The number of hydrogen-bond donors (Lipinski definition) is 2. The fraction of sp³-hybridized carbons (Fsp3) is 0.353. The van der Waals surface area contributed by atoms with Crippen molar-refractivity contribution in [3.63, 3.8) is 0 Å². The number of para-hydroxylation sites is 1. The number of aromatic nitrogens is 3. The van der Waals surface area contributed by atoms with Gasteiger partial charge in [0.15, 0.2) is 0 Å². The first kappa shape index (κ1) is 15.3. The van der Waals surface area contributed by atoms with Crippen LogP contribution in [0.4, 0.5) is 4.79 Å². The molecule has 3 rings (SSSR count). The normalized spacial score (nSPS) is 11.2. The van der Waals surface area contributed by atoms with Gasteiger partial charge >= 0.3 is 6.09 Å². The maximum atomic E-state index is 10.5. The van der Waals surface area contributed by atoms with Gasteiger partial charge in [-0.3, -0.25) is 4.98 Å². The van der Waals surface area contributed by atoms with Crippen molar-refractivity contribution in [2.24, 2.45) is 0 Å². The molecule has 0 aliphatic rings. The van der Waals surface area contributed by atoms with Crippen LogP contribution in [-0.2, 0) is 13.0 Å². The quantitative estimate of drug-likeness (QED) is 0.685. The van der Waals surface area contributed by atoms with Gasteiger partial charge in [-0.05, 0) is 18.9 Å². The van der Waals surface area contributed by atoms with Gasteiger partial charge in [0.25, 0.3) is 0 Å². The van der Waals surface area contributed by atoms with Gasteiger partial charge in [-0.15, -0.1) is 0 Å². The van der Waals surface area contributed by atoms with Crippen LogP contribution in [0.5, 0.6) is 0 Å². The first-order chi connectivity index (χ1) is 11.2. The van der Waals surface area contributed by atoms with E-state index in [4.69, 9.17) is 10.1 Å². The molecule has 1 aromatic carbocycles. The number of nitrogens with one attached hydrogen (secondary N) is 1. The van der Waals surface area contributed by atoms with Crippen LogP contribution in [0.3, 0.4) is 0 Å². The average Bonchev–Trinajstić information content (AvgIpc) is 2.92. The number of carbonyl (C=O) groups is 1. The molecule has 6 nitrogen and oxygen atoms in total. The van der Waals surface area contributed by atoms with E-state index in [2.05, 4.69) is 27.9 Å². The number of carboxylic acid groups (broad SMARTS) is 1. The van der Waals surface area contributed by atoms with Crippen LogP contribution in [0, 0.1) is 0 Å². The van der Waals surface area contributed by atoms with Crippen LogP contribution in [0.25, 0.3) is 21.9 Å². The lowest BCUT2D eigenvalue weighted by molar-refractivity contribution is 0.194. The highest BCUT2D eigenvalue weighted by Crippen LogP contribution is 2.25. The SMILES string of the molecule is CCc1nc2cnc3ccccc3c2n1CCCCNC(=O)O. The van der Waals surface area contributed by atoms with E-state index in [1.54, 1.807) is 0 Å². The third-order valence-corrected chi connectivity index (χ3v) is 3.96. The second-order valence-corrected chi connectivity index (χ2v) is 5.48. The van der Waals surface area contributed by atoms with E-state index in [9.17, 15) is 4.79 Å². The average molecular weight is 312 g/mol. The first-order valence-corrected chi connectivity index (χ1v) is 7.90. The summed E-state index contributed by atoms with van der Waals surface area (Å²) < 4.78 is 2.25. The summed E-state index contributed by atoms with van der Waals surface area (Å²) in [6, 6.07) is 8.09. The van der Waals surface area contributed by atoms with E-state index in [-0.39, 0.29) is 0 Å². The van der Waals surface area contributed by atoms with E-state index in [1.807, 2.05) is 24.4 Å². The van der Waals surface area contributed by atoms with Crippen molar-refractivity contribution in [2.75, 3.05) is 6.54 Å². The van der Waals surface area contributed by atoms with Gasteiger partial charge in [0.2, 0.25) is 0 Å². The van der Waals surface area contributed by atoms with Crippen molar-refractivity contribution in [1.29, 1.82) is 0 Å². The van der Waals surface area contributed by atoms with Crippen LogP contribution in [0.15, 0.2) is 30.5 Å². The second kappa shape index (κ2) is 6.64. The molecule has 1 amide bonds. The number of fused-ring (bicyclic) bond motifs is 3. The molecule has 0 spiro atoms. The third kappa shape index (κ3) is 3.11. The molecular weight excluding hydrogens is 292 g/mol. The van der Waals surface area contributed by atoms with Crippen molar-refractivity contribution < 1.29 is 9.90 Å². The minimum Gasteiger partial charge on any atom is -0.465 e. The lowest BCUT2D eigenvalue weighted by Gasteiger charge is -2.09. The predicted octanol–water partition coefficient (Wildman–Crippen LogP) is 3.19. The largest absolute Gasteiger partial charge is 0.465 e. The molecule has 0 saturated heterocycles. The number of amides is 1. The predicted molar refractivity (Wildman–Crippen MR) is 89.7 cm³/mol. The van der Waals surface area contributed by atoms with Crippen LogP contribution in [-0.4, -0.2) is 32.3 Å². The number of aryl methyl sites for hydroxylation is 2. The van der Waals surface area contributed by atoms with Gasteiger partial charge < -0.3 is 15.0 Å². The highest BCUT2D eigenvalue weighted by atomic mass is 16.4. The summed E-state index contributed by atoms with van der Waals surface area (Å²) in [6.07, 6.45) is 3.42. The molecule has 2 N–H and O–H groups in total. The molecule has 0 unspecified atom stereocenters. The maximum absolute atomic E-state index is 10.5. The number of benzene rings is 1. The highest BCUT2D eigenvalue weighted by molar-refractivity contribution is 6.02. The molecule has 120 valence electrons. The summed E-state index contributed by atoms with van der Waals surface area (Å²) >= 11 is 0. The zero-order valence-electron chi connectivity index (χ0n) is 13.1. The fourth-order valence-electron chi connectivity index (χ4n) is 2.91. The van der Waals surface area contributed by atoms with Gasteiger partial charge in [0, 0.05) is 24.9 Å². The van der Waals surface area contributed by atoms with Crippen molar-refractivity contribution in [1.82, 2.24) is 19.9 Å². The Bertz CT molecular complexity index is 841. The van der Waals surface area contributed by atoms with Gasteiger partial charge in [-0.1, -0.05) is 25.1 Å². The van der Waals surface area contributed by atoms with Gasteiger partial charge in [0.05, 0.1) is 17.2 Å². The van der Waals surface area contributed by atoms with E-state index in [0.29, 0.717) is 6.54 Å². The Morgan fingerprint density at radius 1 is 1.26 bits per heavy atom. The molecule has 23 heavy (non-hydrogen) atoms.